The van der Waals surface area contributed by atoms with Crippen molar-refractivity contribution < 1.29 is 0 Å². The maximum atomic E-state index is 5.69. The Balaban J connectivity index is 2.96. The molecule has 0 saturated carbocycles. The van der Waals surface area contributed by atoms with Gasteiger partial charge < -0.3 is 0 Å². The monoisotopic (exact) mass is 314 g/mol. The Labute approximate surface area is 147 Å². The first kappa shape index (κ1) is 16.0. The van der Waals surface area contributed by atoms with Crippen LogP contribution in [0.5, 0.6) is 0 Å². The van der Waals surface area contributed by atoms with E-state index in [0.29, 0.717) is 11.1 Å². The minimum atomic E-state index is 0.513. The highest BCUT2D eigenvalue weighted by molar-refractivity contribution is 6.06. The van der Waals surface area contributed by atoms with Gasteiger partial charge in [0, 0.05) is 10.4 Å². The van der Waals surface area contributed by atoms with Crippen molar-refractivity contribution in [3.8, 4) is 49.4 Å². The topological polar surface area (TPSA) is 0 Å². The van der Waals surface area contributed by atoms with E-state index in [1.807, 2.05) is 43.3 Å². The summed E-state index contributed by atoms with van der Waals surface area (Å²) >= 11 is 0. The van der Waals surface area contributed by atoms with Crippen LogP contribution in [0.4, 0.5) is 0 Å². The second kappa shape index (κ2) is 6.34. The van der Waals surface area contributed by atoms with Crippen LogP contribution in [0.25, 0.3) is 32.7 Å². The zero-order valence-electron chi connectivity index (χ0n) is 13.9. The minimum absolute atomic E-state index is 0.513. The van der Waals surface area contributed by atoms with Gasteiger partial charge in [-0.25, -0.2) is 0 Å². The quantitative estimate of drug-likeness (QED) is 0.442. The number of aryl methyl sites for hydroxylation is 1. The van der Waals surface area contributed by atoms with Gasteiger partial charge in [-0.2, -0.15) is 0 Å². The van der Waals surface area contributed by atoms with E-state index in [1.165, 1.54) is 0 Å². The molecule has 0 fully saturated rings. The molecule has 0 radical (unpaired) electrons. The highest BCUT2D eigenvalue weighted by Crippen LogP contribution is 2.17. The Morgan fingerprint density at radius 3 is 1.56 bits per heavy atom. The maximum Gasteiger partial charge on any atom is 0.0823 e. The van der Waals surface area contributed by atoms with Crippen molar-refractivity contribution >= 4 is 32.7 Å². The molecule has 3 aromatic rings. The lowest BCUT2D eigenvalue weighted by Crippen LogP contribution is -2.18. The normalized spacial score (nSPS) is 9.64. The Bertz CT molecular complexity index is 1290. The molecule has 0 nitrogen and oxygen atoms in total. The van der Waals surface area contributed by atoms with E-state index in [-0.39, 0.29) is 0 Å². The molecule has 3 rings (SSSR count). The first-order valence-corrected chi connectivity index (χ1v) is 7.72. The zero-order chi connectivity index (χ0) is 18.0. The Morgan fingerprint density at radius 2 is 1.08 bits per heavy atom. The molecule has 0 unspecified atom stereocenters. The van der Waals surface area contributed by atoms with Gasteiger partial charge in [0.15, 0.2) is 0 Å². The lowest BCUT2D eigenvalue weighted by atomic mass is 9.92. The smallest absolute Gasteiger partial charge is 0.0823 e. The van der Waals surface area contributed by atoms with Crippen LogP contribution in [0, 0.1) is 56.3 Å². The summed E-state index contributed by atoms with van der Waals surface area (Å²) in [6.07, 6.45) is 22.7. The van der Waals surface area contributed by atoms with Crippen LogP contribution in [-0.2, 0) is 0 Å². The lowest BCUT2D eigenvalue weighted by Gasteiger charge is -2.10. The molecule has 0 amide bonds. The van der Waals surface area contributed by atoms with Gasteiger partial charge in [-0.3, -0.25) is 0 Å². The largest absolute Gasteiger partial charge is 0.114 e. The van der Waals surface area contributed by atoms with Crippen LogP contribution in [0.1, 0.15) is 5.56 Å². The van der Waals surface area contributed by atoms with Crippen molar-refractivity contribution in [2.75, 3.05) is 0 Å². The van der Waals surface area contributed by atoms with Crippen molar-refractivity contribution in [1.82, 2.24) is 0 Å². The van der Waals surface area contributed by atoms with Gasteiger partial charge in [-0.15, -0.1) is 25.7 Å². The second-order valence-corrected chi connectivity index (χ2v) is 5.67. The summed E-state index contributed by atoms with van der Waals surface area (Å²) < 4.78 is 0. The first-order valence-electron chi connectivity index (χ1n) is 7.72. The molecule has 0 bridgehead atoms. The molecule has 0 heteroatoms. The molecule has 0 heterocycles. The second-order valence-electron chi connectivity index (χ2n) is 5.67. The van der Waals surface area contributed by atoms with Crippen molar-refractivity contribution in [2.45, 2.75) is 6.92 Å². The molecule has 0 aliphatic carbocycles. The van der Waals surface area contributed by atoms with E-state index in [9.17, 15) is 0 Å². The van der Waals surface area contributed by atoms with Crippen LogP contribution in [-0.4, -0.2) is 0 Å². The summed E-state index contributed by atoms with van der Waals surface area (Å²) in [6.45, 7) is 2.02. The van der Waals surface area contributed by atoms with Gasteiger partial charge in [0.1, 0.15) is 0 Å². The highest BCUT2D eigenvalue weighted by Gasteiger charge is 2.10. The van der Waals surface area contributed by atoms with Crippen molar-refractivity contribution in [2.24, 2.45) is 0 Å². The summed E-state index contributed by atoms with van der Waals surface area (Å²) in [4.78, 5) is 0. The molecule has 0 aromatic heterocycles. The molecule has 3 aromatic carbocycles. The van der Waals surface area contributed by atoms with E-state index < -0.39 is 0 Å². The maximum absolute atomic E-state index is 5.69. The van der Waals surface area contributed by atoms with E-state index >= 15 is 0 Å². The van der Waals surface area contributed by atoms with Crippen molar-refractivity contribution in [3.63, 3.8) is 0 Å². The van der Waals surface area contributed by atoms with Gasteiger partial charge in [-0.1, -0.05) is 71.7 Å². The fourth-order valence-electron chi connectivity index (χ4n) is 3.20. The first-order chi connectivity index (χ1) is 12.2. The third kappa shape index (κ3) is 2.44. The van der Waals surface area contributed by atoms with Gasteiger partial charge >= 0.3 is 0 Å². The molecule has 25 heavy (non-hydrogen) atoms. The van der Waals surface area contributed by atoms with Crippen LogP contribution in [0.2, 0.25) is 0 Å². The predicted molar refractivity (Wildman–Crippen MR) is 108 cm³/mol. The number of fused-ring (bicyclic) bond motifs is 2. The molecule has 0 N–H and O–H groups in total. The lowest BCUT2D eigenvalue weighted by molar-refractivity contribution is 1.50. The van der Waals surface area contributed by atoms with E-state index in [4.69, 9.17) is 25.7 Å². The average Bonchev–Trinajstić information content (AvgIpc) is 2.64. The summed E-state index contributed by atoms with van der Waals surface area (Å²) in [6, 6.07) is 14.0. The number of rotatable bonds is 0. The van der Waals surface area contributed by atoms with Gasteiger partial charge in [-0.05, 0) is 28.5 Å². The van der Waals surface area contributed by atoms with Crippen LogP contribution < -0.4 is 10.4 Å². The molecule has 0 saturated heterocycles. The van der Waals surface area contributed by atoms with Gasteiger partial charge in [0.2, 0.25) is 0 Å². The Morgan fingerprint density at radius 1 is 0.640 bits per heavy atom. The minimum Gasteiger partial charge on any atom is -0.114 e. The summed E-state index contributed by atoms with van der Waals surface area (Å²) in [5, 5.41) is 5.55. The third-order valence-corrected chi connectivity index (χ3v) is 4.26. The van der Waals surface area contributed by atoms with Crippen LogP contribution >= 0.6 is 0 Å². The molecular formula is C25H14. The number of benzene rings is 3. The average molecular weight is 314 g/mol. The molecule has 0 aliphatic rings. The molecule has 114 valence electrons. The zero-order valence-corrected chi connectivity index (χ0v) is 13.9. The molecule has 0 atom stereocenters. The fraction of sp³-hybridized carbons (Fsp3) is 0.0400. The molecule has 0 aliphatic heterocycles. The Kier molecular flexibility index (Phi) is 4.07. The molecular weight excluding hydrogens is 300 g/mol. The summed E-state index contributed by atoms with van der Waals surface area (Å²) in [7, 11) is 0. The standard InChI is InChI=1S/C25H14/c1-6-18(7-2)24-20-12-10-11-13-21(20)25(19(8-3)9-4)23-16-17(5)14-15-22(23)24/h1-4,10-16H,5H3. The Hall–Kier alpha value is -3.84. The fourth-order valence-corrected chi connectivity index (χ4v) is 3.20. The summed E-state index contributed by atoms with van der Waals surface area (Å²) in [5.41, 5.74) is 2.13. The van der Waals surface area contributed by atoms with E-state index in [0.717, 1.165) is 37.5 Å². The van der Waals surface area contributed by atoms with E-state index in [2.05, 4.69) is 29.7 Å². The molecule has 0 spiro atoms. The predicted octanol–water partition coefficient (Wildman–Crippen LogP) is 3.14. The van der Waals surface area contributed by atoms with Gasteiger partial charge in [0.25, 0.3) is 0 Å². The number of hydrogen-bond donors (Lipinski definition) is 0. The number of terminal acetylenes is 4. The highest BCUT2D eigenvalue weighted by atomic mass is 14.1. The third-order valence-electron chi connectivity index (χ3n) is 4.26. The summed E-state index contributed by atoms with van der Waals surface area (Å²) in [5.74, 6) is 10.6. The van der Waals surface area contributed by atoms with Crippen LogP contribution in [0.3, 0.4) is 0 Å². The van der Waals surface area contributed by atoms with Crippen molar-refractivity contribution in [3.05, 3.63) is 58.5 Å². The van der Waals surface area contributed by atoms with Crippen molar-refractivity contribution in [1.29, 1.82) is 0 Å². The number of hydrogen-bond acceptors (Lipinski definition) is 0. The van der Waals surface area contributed by atoms with Crippen LogP contribution in [0.15, 0.2) is 42.5 Å². The van der Waals surface area contributed by atoms with Gasteiger partial charge in [0.05, 0.1) is 11.1 Å². The van der Waals surface area contributed by atoms with E-state index in [1.54, 1.807) is 0 Å². The SMILES string of the molecule is C#CC(C#C)=c1c2ccccc2c(=C(C#C)C#C)c2cc(C)ccc12.